The van der Waals surface area contributed by atoms with Crippen LogP contribution in [0.1, 0.15) is 40.0 Å². The Morgan fingerprint density at radius 2 is 1.81 bits per heavy atom. The van der Waals surface area contributed by atoms with E-state index in [-0.39, 0.29) is 5.92 Å². The molecule has 1 aliphatic rings. The van der Waals surface area contributed by atoms with E-state index in [9.17, 15) is 4.79 Å². The van der Waals surface area contributed by atoms with Crippen molar-refractivity contribution in [3.05, 3.63) is 30.3 Å². The number of rotatable bonds is 10. The van der Waals surface area contributed by atoms with E-state index in [2.05, 4.69) is 67.4 Å². The molecule has 1 saturated heterocycles. The first-order chi connectivity index (χ1) is 13.0. The van der Waals surface area contributed by atoms with Crippen molar-refractivity contribution < 1.29 is 4.79 Å². The van der Waals surface area contributed by atoms with Crippen LogP contribution in [-0.4, -0.2) is 66.3 Å². The molecule has 1 aromatic carbocycles. The number of hydrogen-bond donors (Lipinski definition) is 0. The predicted molar refractivity (Wildman–Crippen MR) is 116 cm³/mol. The van der Waals surface area contributed by atoms with Gasteiger partial charge in [0, 0.05) is 30.4 Å². The zero-order valence-corrected chi connectivity index (χ0v) is 18.4. The zero-order valence-electron chi connectivity index (χ0n) is 17.6. The SMILES string of the molecule is CCN(CC)C(=O)C1CCN(CCC(C)CN(C)Sc2ccccc2)CC1. The van der Waals surface area contributed by atoms with Gasteiger partial charge in [0.15, 0.2) is 0 Å². The van der Waals surface area contributed by atoms with Crippen LogP contribution < -0.4 is 0 Å². The van der Waals surface area contributed by atoms with Crippen molar-refractivity contribution in [3.63, 3.8) is 0 Å². The highest BCUT2D eigenvalue weighted by Crippen LogP contribution is 2.23. The number of benzene rings is 1. The lowest BCUT2D eigenvalue weighted by molar-refractivity contribution is -0.136. The molecule has 1 atom stereocenters. The highest BCUT2D eigenvalue weighted by Gasteiger charge is 2.27. The summed E-state index contributed by atoms with van der Waals surface area (Å²) < 4.78 is 2.34. The Morgan fingerprint density at radius 3 is 2.41 bits per heavy atom. The lowest BCUT2D eigenvalue weighted by Gasteiger charge is -2.34. The minimum Gasteiger partial charge on any atom is -0.343 e. The number of likely N-dealkylation sites (tertiary alicyclic amines) is 1. The van der Waals surface area contributed by atoms with Crippen molar-refractivity contribution in [3.8, 4) is 0 Å². The summed E-state index contributed by atoms with van der Waals surface area (Å²) in [5, 5.41) is 0. The van der Waals surface area contributed by atoms with Gasteiger partial charge in [-0.1, -0.05) is 25.1 Å². The summed E-state index contributed by atoms with van der Waals surface area (Å²) in [6, 6.07) is 10.6. The smallest absolute Gasteiger partial charge is 0.225 e. The van der Waals surface area contributed by atoms with Gasteiger partial charge in [-0.15, -0.1) is 0 Å². The molecule has 1 heterocycles. The van der Waals surface area contributed by atoms with Crippen LogP contribution in [0.25, 0.3) is 0 Å². The molecule has 1 aromatic rings. The summed E-state index contributed by atoms with van der Waals surface area (Å²) in [6.45, 7) is 12.5. The summed E-state index contributed by atoms with van der Waals surface area (Å²) in [7, 11) is 2.18. The molecule has 0 bridgehead atoms. The van der Waals surface area contributed by atoms with Crippen molar-refractivity contribution in [1.82, 2.24) is 14.1 Å². The van der Waals surface area contributed by atoms with Gasteiger partial charge in [-0.2, -0.15) is 0 Å². The first-order valence-corrected chi connectivity index (χ1v) is 11.3. The van der Waals surface area contributed by atoms with Gasteiger partial charge in [0.05, 0.1) is 0 Å². The van der Waals surface area contributed by atoms with E-state index in [0.29, 0.717) is 11.8 Å². The molecule has 1 fully saturated rings. The van der Waals surface area contributed by atoms with E-state index in [1.807, 2.05) is 16.8 Å². The number of amides is 1. The largest absolute Gasteiger partial charge is 0.343 e. The van der Waals surface area contributed by atoms with Gasteiger partial charge in [0.1, 0.15) is 0 Å². The average Bonchev–Trinajstić information content (AvgIpc) is 2.68. The highest BCUT2D eigenvalue weighted by molar-refractivity contribution is 7.97. The number of carbonyl (C=O) groups is 1. The van der Waals surface area contributed by atoms with Crippen molar-refractivity contribution in [2.24, 2.45) is 11.8 Å². The maximum atomic E-state index is 12.5. The molecule has 1 amide bonds. The maximum Gasteiger partial charge on any atom is 0.225 e. The minimum absolute atomic E-state index is 0.243. The predicted octanol–water partition coefficient (Wildman–Crippen LogP) is 4.23. The molecule has 0 aromatic heterocycles. The second kappa shape index (κ2) is 11.7. The maximum absolute atomic E-state index is 12.5. The fraction of sp³-hybridized carbons (Fsp3) is 0.682. The second-order valence-corrected chi connectivity index (χ2v) is 9.01. The molecule has 1 unspecified atom stereocenters. The van der Waals surface area contributed by atoms with Crippen LogP contribution in [0.15, 0.2) is 35.2 Å². The normalized spacial score (nSPS) is 17.2. The number of carbonyl (C=O) groups excluding carboxylic acids is 1. The Labute approximate surface area is 170 Å². The zero-order chi connectivity index (χ0) is 19.6. The van der Waals surface area contributed by atoms with Crippen LogP contribution in [0.3, 0.4) is 0 Å². The Kier molecular flexibility index (Phi) is 9.66. The molecular weight excluding hydrogens is 354 g/mol. The van der Waals surface area contributed by atoms with E-state index >= 15 is 0 Å². The molecule has 0 radical (unpaired) electrons. The lowest BCUT2D eigenvalue weighted by atomic mass is 9.94. The van der Waals surface area contributed by atoms with Gasteiger partial charge >= 0.3 is 0 Å². The molecule has 0 aliphatic carbocycles. The third-order valence-electron chi connectivity index (χ3n) is 5.52. The molecule has 152 valence electrons. The quantitative estimate of drug-likeness (QED) is 0.558. The van der Waals surface area contributed by atoms with Crippen LogP contribution in [-0.2, 0) is 4.79 Å². The van der Waals surface area contributed by atoms with Crippen molar-refractivity contribution >= 4 is 17.9 Å². The number of nitrogens with zero attached hydrogens (tertiary/aromatic N) is 3. The lowest BCUT2D eigenvalue weighted by Crippen LogP contribution is -2.43. The van der Waals surface area contributed by atoms with Gasteiger partial charge < -0.3 is 9.80 Å². The molecule has 4 nitrogen and oxygen atoms in total. The fourth-order valence-corrected chi connectivity index (χ4v) is 4.80. The third kappa shape index (κ3) is 7.47. The Balaban J connectivity index is 1.65. The van der Waals surface area contributed by atoms with E-state index in [1.54, 1.807) is 0 Å². The van der Waals surface area contributed by atoms with Crippen molar-refractivity contribution in [2.75, 3.05) is 46.3 Å². The van der Waals surface area contributed by atoms with E-state index < -0.39 is 0 Å². The molecule has 27 heavy (non-hydrogen) atoms. The highest BCUT2D eigenvalue weighted by atomic mass is 32.2. The summed E-state index contributed by atoms with van der Waals surface area (Å²) in [5.41, 5.74) is 0. The summed E-state index contributed by atoms with van der Waals surface area (Å²) in [6.07, 6.45) is 3.26. The van der Waals surface area contributed by atoms with Crippen LogP contribution in [0.4, 0.5) is 0 Å². The Bertz CT molecular complexity index is 542. The Morgan fingerprint density at radius 1 is 1.19 bits per heavy atom. The second-order valence-electron chi connectivity index (χ2n) is 7.74. The first-order valence-electron chi connectivity index (χ1n) is 10.5. The van der Waals surface area contributed by atoms with Gasteiger partial charge in [0.25, 0.3) is 0 Å². The van der Waals surface area contributed by atoms with Crippen LogP contribution >= 0.6 is 11.9 Å². The standard InChI is InChI=1S/C22H37N3OS/c1-5-25(6-2)22(26)20-13-16-24(17-14-20)15-12-19(3)18-23(4)27-21-10-8-7-9-11-21/h7-11,19-20H,5-6,12-18H2,1-4H3. The molecule has 0 spiro atoms. The van der Waals surface area contributed by atoms with E-state index in [0.717, 1.165) is 52.1 Å². The molecule has 2 rings (SSSR count). The minimum atomic E-state index is 0.243. The number of piperidine rings is 1. The summed E-state index contributed by atoms with van der Waals surface area (Å²) >= 11 is 1.82. The monoisotopic (exact) mass is 391 g/mol. The topological polar surface area (TPSA) is 26.8 Å². The number of hydrogen-bond acceptors (Lipinski definition) is 4. The van der Waals surface area contributed by atoms with Crippen molar-refractivity contribution in [2.45, 2.75) is 44.9 Å². The summed E-state index contributed by atoms with van der Waals surface area (Å²) in [5.74, 6) is 1.28. The van der Waals surface area contributed by atoms with Gasteiger partial charge in [0.2, 0.25) is 5.91 Å². The molecule has 5 heteroatoms. The van der Waals surface area contributed by atoms with Crippen molar-refractivity contribution in [1.29, 1.82) is 0 Å². The molecule has 0 N–H and O–H groups in total. The van der Waals surface area contributed by atoms with Crippen LogP contribution in [0.2, 0.25) is 0 Å². The molecular formula is C22H37N3OS. The van der Waals surface area contributed by atoms with E-state index in [1.165, 1.54) is 11.3 Å². The van der Waals surface area contributed by atoms with E-state index in [4.69, 9.17) is 0 Å². The molecule has 0 saturated carbocycles. The van der Waals surface area contributed by atoms with Gasteiger partial charge in [-0.3, -0.25) is 4.79 Å². The first kappa shape index (κ1) is 22.3. The Hall–Kier alpha value is -1.04. The average molecular weight is 392 g/mol. The van der Waals surface area contributed by atoms with Crippen LogP contribution in [0.5, 0.6) is 0 Å². The summed E-state index contributed by atoms with van der Waals surface area (Å²) in [4.78, 5) is 18.3. The fourth-order valence-electron chi connectivity index (χ4n) is 3.83. The van der Waals surface area contributed by atoms with Gasteiger partial charge in [-0.05, 0) is 89.8 Å². The van der Waals surface area contributed by atoms with Crippen LogP contribution in [0, 0.1) is 11.8 Å². The molecule has 1 aliphatic heterocycles. The third-order valence-corrected chi connectivity index (χ3v) is 6.47. The van der Waals surface area contributed by atoms with Gasteiger partial charge in [-0.25, -0.2) is 4.31 Å².